The highest BCUT2D eigenvalue weighted by molar-refractivity contribution is 5.67. The molecular formula is C17H22N2. The van der Waals surface area contributed by atoms with Gasteiger partial charge in [0.05, 0.1) is 16.9 Å². The molecule has 2 aliphatic carbocycles. The van der Waals surface area contributed by atoms with Crippen molar-refractivity contribution in [2.75, 3.05) is 11.1 Å². The van der Waals surface area contributed by atoms with E-state index in [0.29, 0.717) is 5.92 Å². The van der Waals surface area contributed by atoms with Crippen LogP contribution in [0.3, 0.4) is 0 Å². The number of nitrogens with one attached hydrogen (secondary N) is 1. The van der Waals surface area contributed by atoms with Crippen LogP contribution in [0, 0.1) is 5.92 Å². The highest BCUT2D eigenvalue weighted by Crippen LogP contribution is 2.41. The van der Waals surface area contributed by atoms with Gasteiger partial charge in [-0.1, -0.05) is 49.3 Å². The number of benzene rings is 1. The summed E-state index contributed by atoms with van der Waals surface area (Å²) in [4.78, 5) is 0. The first-order valence-electron chi connectivity index (χ1n) is 7.27. The fourth-order valence-corrected chi connectivity index (χ4v) is 3.44. The third-order valence-electron chi connectivity index (χ3n) is 4.51. The lowest BCUT2D eigenvalue weighted by molar-refractivity contribution is 0.368. The van der Waals surface area contributed by atoms with Crippen molar-refractivity contribution in [3.8, 4) is 0 Å². The van der Waals surface area contributed by atoms with Crippen LogP contribution >= 0.6 is 0 Å². The van der Waals surface area contributed by atoms with E-state index in [4.69, 9.17) is 5.73 Å². The zero-order valence-electron chi connectivity index (χ0n) is 11.3. The summed E-state index contributed by atoms with van der Waals surface area (Å²) in [6.45, 7) is 0. The van der Waals surface area contributed by atoms with Crippen molar-refractivity contribution in [3.05, 3.63) is 48.6 Å². The van der Waals surface area contributed by atoms with Gasteiger partial charge in [-0.3, -0.25) is 0 Å². The number of para-hydroxylation sites is 2. The van der Waals surface area contributed by atoms with Gasteiger partial charge >= 0.3 is 0 Å². The maximum atomic E-state index is 6.09. The van der Waals surface area contributed by atoms with Gasteiger partial charge in [-0.25, -0.2) is 0 Å². The second-order valence-electron chi connectivity index (χ2n) is 5.73. The molecule has 0 radical (unpaired) electrons. The van der Waals surface area contributed by atoms with Gasteiger partial charge in [-0.05, 0) is 37.3 Å². The van der Waals surface area contributed by atoms with E-state index in [0.717, 1.165) is 17.8 Å². The van der Waals surface area contributed by atoms with Crippen LogP contribution in [0.4, 0.5) is 11.4 Å². The molecule has 0 heterocycles. The third-order valence-corrected chi connectivity index (χ3v) is 4.51. The highest BCUT2D eigenvalue weighted by atomic mass is 15.0. The van der Waals surface area contributed by atoms with E-state index >= 15 is 0 Å². The van der Waals surface area contributed by atoms with Gasteiger partial charge in [0.2, 0.25) is 0 Å². The second-order valence-corrected chi connectivity index (χ2v) is 5.73. The van der Waals surface area contributed by atoms with Gasteiger partial charge in [0.15, 0.2) is 0 Å². The van der Waals surface area contributed by atoms with Crippen molar-refractivity contribution < 1.29 is 0 Å². The molecule has 0 aromatic heterocycles. The first-order chi connectivity index (χ1) is 9.30. The molecular weight excluding hydrogens is 232 g/mol. The largest absolute Gasteiger partial charge is 0.397 e. The van der Waals surface area contributed by atoms with Crippen LogP contribution in [0.1, 0.15) is 32.1 Å². The van der Waals surface area contributed by atoms with E-state index in [-0.39, 0.29) is 5.54 Å². The lowest BCUT2D eigenvalue weighted by Gasteiger charge is -2.39. The van der Waals surface area contributed by atoms with Crippen molar-refractivity contribution >= 4 is 11.4 Å². The van der Waals surface area contributed by atoms with Crippen LogP contribution in [0.15, 0.2) is 48.6 Å². The zero-order valence-corrected chi connectivity index (χ0v) is 11.3. The summed E-state index contributed by atoms with van der Waals surface area (Å²) < 4.78 is 0. The molecule has 0 spiro atoms. The van der Waals surface area contributed by atoms with Gasteiger partial charge in [0.1, 0.15) is 0 Å². The first-order valence-corrected chi connectivity index (χ1v) is 7.27. The average molecular weight is 254 g/mol. The predicted octanol–water partition coefficient (Wildman–Crippen LogP) is 4.13. The van der Waals surface area contributed by atoms with Gasteiger partial charge in [0.25, 0.3) is 0 Å². The fraction of sp³-hybridized carbons (Fsp3) is 0.412. The van der Waals surface area contributed by atoms with Gasteiger partial charge in [-0.15, -0.1) is 0 Å². The number of hydrogen-bond donors (Lipinski definition) is 2. The molecule has 1 atom stereocenters. The SMILES string of the molecule is Nc1ccccc1NC1(C2CCCC2)C=CC=CC1. The summed E-state index contributed by atoms with van der Waals surface area (Å²) in [5.74, 6) is 0.716. The Morgan fingerprint density at radius 1 is 1.11 bits per heavy atom. The van der Waals surface area contributed by atoms with Gasteiger partial charge in [0, 0.05) is 0 Å². The summed E-state index contributed by atoms with van der Waals surface area (Å²) in [6.07, 6.45) is 15.3. The van der Waals surface area contributed by atoms with E-state index < -0.39 is 0 Å². The smallest absolute Gasteiger partial charge is 0.0622 e. The highest BCUT2D eigenvalue weighted by Gasteiger charge is 2.38. The van der Waals surface area contributed by atoms with Crippen molar-refractivity contribution in [1.29, 1.82) is 0 Å². The second kappa shape index (κ2) is 5.12. The van der Waals surface area contributed by atoms with E-state index in [1.54, 1.807) is 0 Å². The molecule has 0 aliphatic heterocycles. The van der Waals surface area contributed by atoms with E-state index in [1.165, 1.54) is 25.7 Å². The van der Waals surface area contributed by atoms with E-state index in [1.807, 2.05) is 18.2 Å². The van der Waals surface area contributed by atoms with Gasteiger partial charge < -0.3 is 11.1 Å². The Kier molecular flexibility index (Phi) is 3.33. The summed E-state index contributed by atoms with van der Waals surface area (Å²) in [5, 5.41) is 3.74. The molecule has 0 amide bonds. The molecule has 3 rings (SSSR count). The summed E-state index contributed by atoms with van der Waals surface area (Å²) >= 11 is 0. The Labute approximate surface area is 115 Å². The maximum absolute atomic E-state index is 6.09. The maximum Gasteiger partial charge on any atom is 0.0622 e. The van der Waals surface area contributed by atoms with Crippen molar-refractivity contribution in [3.63, 3.8) is 0 Å². The minimum atomic E-state index is 0.0563. The Bertz CT molecular complexity index is 498. The van der Waals surface area contributed by atoms with Crippen LogP contribution in [-0.4, -0.2) is 5.54 Å². The molecule has 2 heteroatoms. The standard InChI is InChI=1S/C17H22N2/c18-15-10-4-5-11-16(15)19-17(12-6-1-7-13-17)14-8-2-3-9-14/h1,4-7,10-12,14,19H,2-3,8-9,13,18H2. The third kappa shape index (κ3) is 2.40. The molecule has 0 bridgehead atoms. The Hall–Kier alpha value is -1.70. The normalized spacial score (nSPS) is 26.7. The topological polar surface area (TPSA) is 38.0 Å². The monoisotopic (exact) mass is 254 g/mol. The molecule has 3 N–H and O–H groups in total. The molecule has 1 aromatic rings. The Morgan fingerprint density at radius 2 is 1.89 bits per heavy atom. The molecule has 19 heavy (non-hydrogen) atoms. The van der Waals surface area contributed by atoms with Crippen LogP contribution in [0.2, 0.25) is 0 Å². The van der Waals surface area contributed by atoms with Crippen LogP contribution in [-0.2, 0) is 0 Å². The predicted molar refractivity (Wildman–Crippen MR) is 82.1 cm³/mol. The molecule has 2 aliphatic rings. The number of nitrogens with two attached hydrogens (primary N) is 1. The van der Waals surface area contributed by atoms with Crippen LogP contribution in [0.25, 0.3) is 0 Å². The molecule has 1 saturated carbocycles. The van der Waals surface area contributed by atoms with E-state index in [2.05, 4.69) is 35.7 Å². The minimum absolute atomic E-state index is 0.0563. The first kappa shape index (κ1) is 12.3. The number of anilines is 2. The van der Waals surface area contributed by atoms with Crippen molar-refractivity contribution in [1.82, 2.24) is 0 Å². The number of hydrogen-bond acceptors (Lipinski definition) is 2. The summed E-state index contributed by atoms with van der Waals surface area (Å²) in [7, 11) is 0. The van der Waals surface area contributed by atoms with Crippen LogP contribution in [0.5, 0.6) is 0 Å². The molecule has 2 nitrogen and oxygen atoms in total. The minimum Gasteiger partial charge on any atom is -0.397 e. The van der Waals surface area contributed by atoms with Crippen molar-refractivity contribution in [2.45, 2.75) is 37.6 Å². The van der Waals surface area contributed by atoms with Crippen molar-refractivity contribution in [2.24, 2.45) is 5.92 Å². The van der Waals surface area contributed by atoms with Gasteiger partial charge in [-0.2, -0.15) is 0 Å². The molecule has 1 fully saturated rings. The molecule has 1 unspecified atom stereocenters. The molecule has 100 valence electrons. The average Bonchev–Trinajstić information content (AvgIpc) is 2.97. The fourth-order valence-electron chi connectivity index (χ4n) is 3.44. The molecule has 0 saturated heterocycles. The quantitative estimate of drug-likeness (QED) is 0.796. The number of allylic oxidation sites excluding steroid dienone is 2. The number of rotatable bonds is 3. The zero-order chi connectivity index (χ0) is 13.1. The van der Waals surface area contributed by atoms with Crippen LogP contribution < -0.4 is 11.1 Å². The Balaban J connectivity index is 1.90. The lowest BCUT2D eigenvalue weighted by Crippen LogP contribution is -2.43. The van der Waals surface area contributed by atoms with E-state index in [9.17, 15) is 0 Å². The number of nitrogen functional groups attached to an aromatic ring is 1. The summed E-state index contributed by atoms with van der Waals surface area (Å²) in [6, 6.07) is 8.08. The lowest BCUT2D eigenvalue weighted by atomic mass is 9.77. The summed E-state index contributed by atoms with van der Waals surface area (Å²) in [5.41, 5.74) is 8.05. The molecule has 1 aromatic carbocycles. The Morgan fingerprint density at radius 3 is 2.58 bits per heavy atom.